The number of fused-ring (bicyclic) bond motifs is 1. The zero-order valence-corrected chi connectivity index (χ0v) is 8.48. The van der Waals surface area contributed by atoms with E-state index in [9.17, 15) is 5.11 Å². The third-order valence-corrected chi connectivity index (χ3v) is 3.35. The van der Waals surface area contributed by atoms with Gasteiger partial charge in [-0.2, -0.15) is 0 Å². The smallest absolute Gasteiger partial charge is 0.0917 e. The highest BCUT2D eigenvalue weighted by molar-refractivity contribution is 5.85. The van der Waals surface area contributed by atoms with Crippen molar-refractivity contribution in [2.45, 2.75) is 24.9 Å². The maximum absolute atomic E-state index is 10.3. The van der Waals surface area contributed by atoms with Crippen LogP contribution < -0.4 is 0 Å². The molecular weight excluding hydrogens is 186 g/mol. The minimum atomic E-state index is -0.617. The molecule has 0 radical (unpaired) electrons. The fourth-order valence-corrected chi connectivity index (χ4v) is 2.27. The van der Waals surface area contributed by atoms with Gasteiger partial charge in [-0.05, 0) is 24.6 Å². The lowest BCUT2D eigenvalue weighted by Crippen LogP contribution is -2.33. The monoisotopic (exact) mass is 199 g/mol. The van der Waals surface area contributed by atoms with Crippen LogP contribution in [0.25, 0.3) is 10.8 Å². The zero-order valence-electron chi connectivity index (χ0n) is 8.48. The molecule has 1 aliphatic carbocycles. The topological polar surface area (TPSA) is 33.1 Å². The summed E-state index contributed by atoms with van der Waals surface area (Å²) in [5.41, 5.74) is 0.375. The fourth-order valence-electron chi connectivity index (χ4n) is 2.27. The van der Waals surface area contributed by atoms with Crippen LogP contribution in [0.3, 0.4) is 0 Å². The number of pyridine rings is 1. The van der Waals surface area contributed by atoms with Gasteiger partial charge in [0.1, 0.15) is 0 Å². The lowest BCUT2D eigenvalue weighted by molar-refractivity contribution is -0.0377. The summed E-state index contributed by atoms with van der Waals surface area (Å²) in [6, 6.07) is 8.10. The highest BCUT2D eigenvalue weighted by atomic mass is 16.3. The number of aliphatic hydroxyl groups is 1. The number of hydrogen-bond acceptors (Lipinski definition) is 2. The molecule has 0 atom stereocenters. The second-order valence-corrected chi connectivity index (χ2v) is 4.29. The van der Waals surface area contributed by atoms with Crippen LogP contribution in [0.4, 0.5) is 0 Å². The van der Waals surface area contributed by atoms with E-state index in [1.807, 2.05) is 30.6 Å². The van der Waals surface area contributed by atoms with Crippen molar-refractivity contribution in [3.8, 4) is 0 Å². The molecule has 0 aliphatic heterocycles. The van der Waals surface area contributed by atoms with E-state index in [4.69, 9.17) is 0 Å². The Morgan fingerprint density at radius 3 is 2.67 bits per heavy atom. The largest absolute Gasteiger partial charge is 0.385 e. The summed E-state index contributed by atoms with van der Waals surface area (Å²) in [6.07, 6.45) is 6.49. The van der Waals surface area contributed by atoms with Crippen LogP contribution in [0.15, 0.2) is 36.7 Å². The van der Waals surface area contributed by atoms with E-state index in [1.54, 1.807) is 0 Å². The van der Waals surface area contributed by atoms with Gasteiger partial charge >= 0.3 is 0 Å². The van der Waals surface area contributed by atoms with Crippen LogP contribution in [0.1, 0.15) is 24.8 Å². The molecule has 0 bridgehead atoms. The summed E-state index contributed by atoms with van der Waals surface area (Å²) >= 11 is 0. The van der Waals surface area contributed by atoms with Crippen LogP contribution in [0.5, 0.6) is 0 Å². The standard InChI is InChI=1S/C13H13NO/c15-13(6-3-7-13)12-9-14-8-10-4-1-2-5-11(10)12/h1-2,4-5,8-9,15H,3,6-7H2. The van der Waals surface area contributed by atoms with Gasteiger partial charge in [-0.15, -0.1) is 0 Å². The van der Waals surface area contributed by atoms with Crippen molar-refractivity contribution in [3.05, 3.63) is 42.2 Å². The van der Waals surface area contributed by atoms with Crippen LogP contribution in [-0.2, 0) is 5.60 Å². The Kier molecular flexibility index (Phi) is 1.80. The maximum atomic E-state index is 10.3. The Bertz CT molecular complexity index is 497. The Labute approximate surface area is 88.6 Å². The first-order chi connectivity index (χ1) is 7.30. The van der Waals surface area contributed by atoms with Gasteiger partial charge in [0.15, 0.2) is 0 Å². The van der Waals surface area contributed by atoms with Crippen molar-refractivity contribution >= 4 is 10.8 Å². The zero-order chi connectivity index (χ0) is 10.3. The first-order valence-electron chi connectivity index (χ1n) is 5.35. The highest BCUT2D eigenvalue weighted by Gasteiger charge is 2.37. The molecule has 15 heavy (non-hydrogen) atoms. The van der Waals surface area contributed by atoms with E-state index in [0.717, 1.165) is 35.6 Å². The number of benzene rings is 1. The van der Waals surface area contributed by atoms with Gasteiger partial charge < -0.3 is 5.11 Å². The van der Waals surface area contributed by atoms with Crippen molar-refractivity contribution in [3.63, 3.8) is 0 Å². The van der Waals surface area contributed by atoms with Gasteiger partial charge in [0.05, 0.1) is 5.60 Å². The van der Waals surface area contributed by atoms with Crippen LogP contribution in [0, 0.1) is 0 Å². The summed E-state index contributed by atoms with van der Waals surface area (Å²) in [5, 5.41) is 12.6. The lowest BCUT2D eigenvalue weighted by Gasteiger charge is -2.37. The molecule has 1 aromatic heterocycles. The van der Waals surface area contributed by atoms with Gasteiger partial charge in [-0.25, -0.2) is 0 Å². The van der Waals surface area contributed by atoms with Crippen LogP contribution >= 0.6 is 0 Å². The van der Waals surface area contributed by atoms with Crippen molar-refractivity contribution in [2.75, 3.05) is 0 Å². The van der Waals surface area contributed by atoms with E-state index in [-0.39, 0.29) is 0 Å². The van der Waals surface area contributed by atoms with E-state index >= 15 is 0 Å². The van der Waals surface area contributed by atoms with Gasteiger partial charge in [0, 0.05) is 23.3 Å². The third-order valence-electron chi connectivity index (χ3n) is 3.35. The molecule has 1 fully saturated rings. The maximum Gasteiger partial charge on any atom is 0.0917 e. The second-order valence-electron chi connectivity index (χ2n) is 4.29. The summed E-state index contributed by atoms with van der Waals surface area (Å²) in [5.74, 6) is 0. The van der Waals surface area contributed by atoms with Crippen LogP contribution in [0.2, 0.25) is 0 Å². The van der Waals surface area contributed by atoms with E-state index in [0.29, 0.717) is 0 Å². The molecule has 0 unspecified atom stereocenters. The number of rotatable bonds is 1. The molecule has 0 amide bonds. The van der Waals surface area contributed by atoms with Crippen molar-refractivity contribution in [1.82, 2.24) is 4.98 Å². The predicted octanol–water partition coefficient (Wildman–Crippen LogP) is 2.61. The number of nitrogens with zero attached hydrogens (tertiary/aromatic N) is 1. The highest BCUT2D eigenvalue weighted by Crippen LogP contribution is 2.43. The number of hydrogen-bond donors (Lipinski definition) is 1. The molecule has 2 nitrogen and oxygen atoms in total. The lowest BCUT2D eigenvalue weighted by atomic mass is 9.74. The normalized spacial score (nSPS) is 18.7. The molecule has 1 saturated carbocycles. The first-order valence-corrected chi connectivity index (χ1v) is 5.35. The molecule has 0 spiro atoms. The summed E-state index contributed by atoms with van der Waals surface area (Å²) in [6.45, 7) is 0. The summed E-state index contributed by atoms with van der Waals surface area (Å²) in [7, 11) is 0. The van der Waals surface area contributed by atoms with Crippen molar-refractivity contribution in [2.24, 2.45) is 0 Å². The molecule has 2 heteroatoms. The quantitative estimate of drug-likeness (QED) is 0.765. The molecular formula is C13H13NO. The van der Waals surface area contributed by atoms with E-state index in [1.165, 1.54) is 0 Å². The number of aromatic nitrogens is 1. The SMILES string of the molecule is OC1(c2cncc3ccccc23)CCC1. The molecule has 1 aromatic carbocycles. The van der Waals surface area contributed by atoms with Gasteiger partial charge in [-0.1, -0.05) is 24.3 Å². The van der Waals surface area contributed by atoms with Crippen LogP contribution in [-0.4, -0.2) is 10.1 Å². The molecule has 2 aromatic rings. The second kappa shape index (κ2) is 3.04. The minimum absolute atomic E-state index is 0.617. The minimum Gasteiger partial charge on any atom is -0.385 e. The van der Waals surface area contributed by atoms with Crippen molar-refractivity contribution in [1.29, 1.82) is 0 Å². The Hall–Kier alpha value is -1.41. The van der Waals surface area contributed by atoms with E-state index < -0.39 is 5.60 Å². The Morgan fingerprint density at radius 1 is 1.13 bits per heavy atom. The third kappa shape index (κ3) is 1.25. The van der Waals surface area contributed by atoms with E-state index in [2.05, 4.69) is 11.1 Å². The van der Waals surface area contributed by atoms with Crippen molar-refractivity contribution < 1.29 is 5.11 Å². The molecule has 1 N–H and O–H groups in total. The molecule has 76 valence electrons. The summed E-state index contributed by atoms with van der Waals surface area (Å²) in [4.78, 5) is 4.20. The molecule has 3 rings (SSSR count). The van der Waals surface area contributed by atoms with Gasteiger partial charge in [-0.3, -0.25) is 4.98 Å². The Morgan fingerprint density at radius 2 is 1.93 bits per heavy atom. The Balaban J connectivity index is 2.26. The average molecular weight is 199 g/mol. The molecule has 0 saturated heterocycles. The first kappa shape index (κ1) is 8.86. The fraction of sp³-hybridized carbons (Fsp3) is 0.308. The summed E-state index contributed by atoms with van der Waals surface area (Å²) < 4.78 is 0. The average Bonchev–Trinajstić information content (AvgIpc) is 2.25. The molecule has 1 aliphatic rings. The van der Waals surface area contributed by atoms with Gasteiger partial charge in [0.25, 0.3) is 0 Å². The molecule has 1 heterocycles. The van der Waals surface area contributed by atoms with Gasteiger partial charge in [0.2, 0.25) is 0 Å². The predicted molar refractivity (Wildman–Crippen MR) is 59.5 cm³/mol.